The first-order chi connectivity index (χ1) is 9.90. The molecule has 0 fully saturated rings. The van der Waals surface area contributed by atoms with Crippen molar-refractivity contribution in [2.24, 2.45) is 0 Å². The van der Waals surface area contributed by atoms with Crippen LogP contribution in [0.1, 0.15) is 10.4 Å². The third-order valence-electron chi connectivity index (χ3n) is 2.43. The molecule has 2 N–H and O–H groups in total. The number of sulfonamides is 1. The van der Waals surface area contributed by atoms with E-state index in [2.05, 4.69) is 26.3 Å². The first kappa shape index (κ1) is 15.9. The van der Waals surface area contributed by atoms with Crippen LogP contribution in [0.2, 0.25) is 5.15 Å². The van der Waals surface area contributed by atoms with E-state index in [1.165, 1.54) is 12.1 Å². The minimum absolute atomic E-state index is 0.112. The molecular weight excluding hydrogens is 382 g/mol. The number of hydrogen-bond acceptors (Lipinski definition) is 4. The van der Waals surface area contributed by atoms with E-state index in [4.69, 9.17) is 11.6 Å². The second-order valence-electron chi connectivity index (χ2n) is 3.86. The number of benzene rings is 1. The first-order valence-corrected chi connectivity index (χ1v) is 8.24. The Morgan fingerprint density at radius 2 is 1.90 bits per heavy atom. The number of hydrazine groups is 1. The summed E-state index contributed by atoms with van der Waals surface area (Å²) in [6.07, 6.45) is 1.09. The normalized spacial score (nSPS) is 11.1. The topological polar surface area (TPSA) is 88.2 Å². The van der Waals surface area contributed by atoms with Crippen molar-refractivity contribution >= 4 is 43.5 Å². The highest BCUT2D eigenvalue weighted by molar-refractivity contribution is 9.10. The zero-order valence-corrected chi connectivity index (χ0v) is 13.5. The molecule has 1 aromatic heterocycles. The molecule has 1 aromatic carbocycles. The maximum atomic E-state index is 11.9. The Morgan fingerprint density at radius 1 is 1.19 bits per heavy atom. The lowest BCUT2D eigenvalue weighted by Gasteiger charge is -2.09. The molecule has 0 aliphatic carbocycles. The van der Waals surface area contributed by atoms with Crippen LogP contribution >= 0.6 is 27.5 Å². The Bertz CT molecular complexity index is 766. The van der Waals surface area contributed by atoms with E-state index < -0.39 is 15.9 Å². The molecule has 0 aliphatic rings. The van der Waals surface area contributed by atoms with E-state index in [0.717, 1.165) is 6.20 Å². The summed E-state index contributed by atoms with van der Waals surface area (Å²) in [5.74, 6) is -0.590. The van der Waals surface area contributed by atoms with Gasteiger partial charge in [0.1, 0.15) is 10.0 Å². The summed E-state index contributed by atoms with van der Waals surface area (Å²) in [4.78, 5) is 17.4. The third-order valence-corrected chi connectivity index (χ3v) is 4.58. The van der Waals surface area contributed by atoms with Gasteiger partial charge in [-0.15, -0.1) is 4.83 Å². The molecular formula is C12H9BrClN3O3S. The monoisotopic (exact) mass is 389 g/mol. The summed E-state index contributed by atoms with van der Waals surface area (Å²) in [5.41, 5.74) is 2.43. The highest BCUT2D eigenvalue weighted by Crippen LogP contribution is 2.15. The predicted octanol–water partition coefficient (Wildman–Crippen LogP) is 2.12. The minimum atomic E-state index is -3.91. The van der Waals surface area contributed by atoms with Gasteiger partial charge >= 0.3 is 0 Å². The summed E-state index contributed by atoms with van der Waals surface area (Å²) in [6.45, 7) is 0. The van der Waals surface area contributed by atoms with Gasteiger partial charge in [-0.2, -0.15) is 0 Å². The maximum Gasteiger partial charge on any atom is 0.267 e. The average molecular weight is 391 g/mol. The molecule has 0 atom stereocenters. The second-order valence-corrected chi connectivity index (χ2v) is 6.78. The highest BCUT2D eigenvalue weighted by atomic mass is 79.9. The smallest absolute Gasteiger partial charge is 0.267 e. The number of halogens is 2. The van der Waals surface area contributed by atoms with Gasteiger partial charge < -0.3 is 0 Å². The average Bonchev–Trinajstić information content (AvgIpc) is 2.46. The maximum absolute atomic E-state index is 11.9. The van der Waals surface area contributed by atoms with Crippen LogP contribution in [0.4, 0.5) is 0 Å². The number of pyridine rings is 1. The first-order valence-electron chi connectivity index (χ1n) is 5.58. The van der Waals surface area contributed by atoms with Crippen LogP contribution in [-0.4, -0.2) is 19.3 Å². The standard InChI is InChI=1S/C12H9BrClN3O3S/c13-10-4-2-1-3-9(10)12(18)16-17-21(19,20)8-5-6-11(14)15-7-8/h1-7,17H,(H,16,18). The fourth-order valence-electron chi connectivity index (χ4n) is 1.41. The van der Waals surface area contributed by atoms with Crippen molar-refractivity contribution in [3.05, 3.63) is 57.8 Å². The number of carbonyl (C=O) groups excluding carboxylic acids is 1. The van der Waals surface area contributed by atoms with Crippen molar-refractivity contribution < 1.29 is 13.2 Å². The Kier molecular flexibility index (Phi) is 4.94. The van der Waals surface area contributed by atoms with E-state index in [1.54, 1.807) is 24.3 Å². The second kappa shape index (κ2) is 6.52. The van der Waals surface area contributed by atoms with Crippen molar-refractivity contribution in [3.8, 4) is 0 Å². The molecule has 0 spiro atoms. The lowest BCUT2D eigenvalue weighted by atomic mass is 10.2. The number of hydrogen-bond donors (Lipinski definition) is 2. The molecule has 0 bridgehead atoms. The number of carbonyl (C=O) groups is 1. The molecule has 1 amide bonds. The van der Waals surface area contributed by atoms with E-state index >= 15 is 0 Å². The van der Waals surface area contributed by atoms with Crippen LogP contribution in [0, 0.1) is 0 Å². The third kappa shape index (κ3) is 4.01. The SMILES string of the molecule is O=C(NNS(=O)(=O)c1ccc(Cl)nc1)c1ccccc1Br. The number of rotatable bonds is 4. The molecule has 0 aliphatic heterocycles. The van der Waals surface area contributed by atoms with Crippen LogP contribution in [0.15, 0.2) is 52.0 Å². The van der Waals surface area contributed by atoms with Crippen LogP contribution in [0.25, 0.3) is 0 Å². The summed E-state index contributed by atoms with van der Waals surface area (Å²) in [5, 5.41) is 0.172. The number of nitrogens with one attached hydrogen (secondary N) is 2. The lowest BCUT2D eigenvalue weighted by molar-refractivity contribution is 0.0944. The van der Waals surface area contributed by atoms with E-state index in [-0.39, 0.29) is 10.0 Å². The van der Waals surface area contributed by atoms with Gasteiger partial charge in [-0.05, 0) is 40.2 Å². The van der Waals surface area contributed by atoms with Crippen LogP contribution < -0.4 is 10.3 Å². The van der Waals surface area contributed by atoms with Crippen molar-refractivity contribution in [1.82, 2.24) is 15.2 Å². The number of amides is 1. The zero-order chi connectivity index (χ0) is 15.5. The Hall–Kier alpha value is -1.48. The van der Waals surface area contributed by atoms with E-state index in [0.29, 0.717) is 10.0 Å². The van der Waals surface area contributed by atoms with E-state index in [1.807, 2.05) is 4.83 Å². The Labute approximate surface area is 134 Å². The van der Waals surface area contributed by atoms with Crippen LogP contribution in [0.5, 0.6) is 0 Å². The largest absolute Gasteiger partial charge is 0.273 e. The van der Waals surface area contributed by atoms with Gasteiger partial charge in [-0.1, -0.05) is 23.7 Å². The summed E-state index contributed by atoms with van der Waals surface area (Å²) < 4.78 is 24.4. The van der Waals surface area contributed by atoms with Gasteiger partial charge in [0.25, 0.3) is 15.9 Å². The quantitative estimate of drug-likeness (QED) is 0.618. The molecule has 9 heteroatoms. The molecule has 0 radical (unpaired) electrons. The van der Waals surface area contributed by atoms with Crippen molar-refractivity contribution in [2.45, 2.75) is 4.90 Å². The van der Waals surface area contributed by atoms with Gasteiger partial charge in [-0.25, -0.2) is 13.4 Å². The van der Waals surface area contributed by atoms with Gasteiger partial charge in [0.2, 0.25) is 0 Å². The molecule has 6 nitrogen and oxygen atoms in total. The molecule has 0 saturated carbocycles. The fraction of sp³-hybridized carbons (Fsp3) is 0. The van der Waals surface area contributed by atoms with Crippen LogP contribution in [-0.2, 0) is 10.0 Å². The zero-order valence-electron chi connectivity index (χ0n) is 10.4. The summed E-state index contributed by atoms with van der Waals surface area (Å²) in [7, 11) is -3.91. The Balaban J connectivity index is 2.10. The predicted molar refractivity (Wildman–Crippen MR) is 81.2 cm³/mol. The number of nitrogens with zero attached hydrogens (tertiary/aromatic N) is 1. The van der Waals surface area contributed by atoms with Gasteiger partial charge in [-0.3, -0.25) is 10.2 Å². The van der Waals surface area contributed by atoms with Crippen molar-refractivity contribution in [3.63, 3.8) is 0 Å². The van der Waals surface area contributed by atoms with Gasteiger partial charge in [0, 0.05) is 10.7 Å². The summed E-state index contributed by atoms with van der Waals surface area (Å²) in [6, 6.07) is 9.25. The number of aromatic nitrogens is 1. The lowest BCUT2D eigenvalue weighted by Crippen LogP contribution is -2.41. The van der Waals surface area contributed by atoms with Crippen LogP contribution in [0.3, 0.4) is 0 Å². The molecule has 0 unspecified atom stereocenters. The van der Waals surface area contributed by atoms with Crippen molar-refractivity contribution in [2.75, 3.05) is 0 Å². The highest BCUT2D eigenvalue weighted by Gasteiger charge is 2.17. The van der Waals surface area contributed by atoms with Gasteiger partial charge in [0.15, 0.2) is 0 Å². The molecule has 2 aromatic rings. The Morgan fingerprint density at radius 3 is 2.52 bits per heavy atom. The summed E-state index contributed by atoms with van der Waals surface area (Å²) >= 11 is 8.79. The van der Waals surface area contributed by atoms with Gasteiger partial charge in [0.05, 0.1) is 5.56 Å². The molecule has 0 saturated heterocycles. The van der Waals surface area contributed by atoms with E-state index in [9.17, 15) is 13.2 Å². The molecule has 110 valence electrons. The minimum Gasteiger partial charge on any atom is -0.273 e. The molecule has 2 rings (SSSR count). The van der Waals surface area contributed by atoms with Crippen molar-refractivity contribution in [1.29, 1.82) is 0 Å². The molecule has 21 heavy (non-hydrogen) atoms. The molecule has 1 heterocycles. The fourth-order valence-corrected chi connectivity index (χ4v) is 2.77.